The highest BCUT2D eigenvalue weighted by Gasteiger charge is 2.36. The Labute approximate surface area is 119 Å². The van der Waals surface area contributed by atoms with Gasteiger partial charge in [-0.25, -0.2) is 4.39 Å². The van der Waals surface area contributed by atoms with Crippen molar-refractivity contribution in [3.8, 4) is 0 Å². The predicted molar refractivity (Wildman–Crippen MR) is 78.2 cm³/mol. The van der Waals surface area contributed by atoms with E-state index in [0.29, 0.717) is 17.9 Å². The lowest BCUT2D eigenvalue weighted by molar-refractivity contribution is 0.0484. The number of likely N-dealkylation sites (tertiary alicyclic amines) is 1. The van der Waals surface area contributed by atoms with Crippen molar-refractivity contribution in [3.63, 3.8) is 0 Å². The van der Waals surface area contributed by atoms with Crippen LogP contribution in [0, 0.1) is 0 Å². The van der Waals surface area contributed by atoms with E-state index in [4.69, 9.17) is 17.3 Å². The summed E-state index contributed by atoms with van der Waals surface area (Å²) in [4.78, 5) is 2.24. The fraction of sp³-hybridized carbons (Fsp3) is 0.600. The molecular formula is C15H22ClFN2. The number of nitrogens with two attached hydrogens (primary N) is 1. The maximum Gasteiger partial charge on any atom is 0.138 e. The molecule has 0 atom stereocenters. The standard InChI is InChI=1S/C15H22ClFN2/c1-14(2,18)11-19-9-7-15(17,8-10-19)12-3-5-13(16)6-4-12/h3-6H,7-11,18H2,1-2H3. The number of benzene rings is 1. The Morgan fingerprint density at radius 2 is 1.79 bits per heavy atom. The van der Waals surface area contributed by atoms with Gasteiger partial charge in [0.15, 0.2) is 0 Å². The molecule has 1 aromatic rings. The summed E-state index contributed by atoms with van der Waals surface area (Å²) in [5.41, 5.74) is 5.30. The first-order chi connectivity index (χ1) is 8.78. The second kappa shape index (κ2) is 5.39. The molecule has 1 saturated heterocycles. The predicted octanol–water partition coefficient (Wildman–Crippen LogP) is 3.34. The lowest BCUT2D eigenvalue weighted by Gasteiger charge is -2.39. The van der Waals surface area contributed by atoms with E-state index in [0.717, 1.165) is 25.2 Å². The molecule has 1 aliphatic heterocycles. The minimum absolute atomic E-state index is 0.226. The smallest absolute Gasteiger partial charge is 0.138 e. The van der Waals surface area contributed by atoms with Crippen molar-refractivity contribution >= 4 is 11.6 Å². The van der Waals surface area contributed by atoms with E-state index in [2.05, 4.69) is 4.90 Å². The zero-order valence-corrected chi connectivity index (χ0v) is 12.4. The minimum Gasteiger partial charge on any atom is -0.324 e. The maximum atomic E-state index is 14.9. The summed E-state index contributed by atoms with van der Waals surface area (Å²) in [5.74, 6) is 0. The molecule has 1 heterocycles. The van der Waals surface area contributed by atoms with E-state index < -0.39 is 5.67 Å². The third-order valence-corrected chi connectivity index (χ3v) is 3.89. The van der Waals surface area contributed by atoms with Crippen LogP contribution in [0.3, 0.4) is 0 Å². The molecule has 19 heavy (non-hydrogen) atoms. The minimum atomic E-state index is -1.22. The van der Waals surface area contributed by atoms with Gasteiger partial charge in [0, 0.05) is 30.2 Å². The highest BCUT2D eigenvalue weighted by atomic mass is 35.5. The highest BCUT2D eigenvalue weighted by molar-refractivity contribution is 6.30. The van der Waals surface area contributed by atoms with Crippen LogP contribution >= 0.6 is 11.6 Å². The van der Waals surface area contributed by atoms with Crippen LogP contribution in [0.4, 0.5) is 4.39 Å². The molecule has 1 fully saturated rings. The molecule has 0 unspecified atom stereocenters. The fourth-order valence-electron chi connectivity index (χ4n) is 2.68. The van der Waals surface area contributed by atoms with Crippen LogP contribution in [-0.2, 0) is 5.67 Å². The van der Waals surface area contributed by atoms with Crippen LogP contribution in [0.2, 0.25) is 5.02 Å². The molecule has 4 heteroatoms. The number of hydrogen-bond acceptors (Lipinski definition) is 2. The van der Waals surface area contributed by atoms with E-state index in [-0.39, 0.29) is 5.54 Å². The van der Waals surface area contributed by atoms with Crippen LogP contribution < -0.4 is 5.73 Å². The number of hydrogen-bond donors (Lipinski definition) is 1. The van der Waals surface area contributed by atoms with Gasteiger partial charge < -0.3 is 10.6 Å². The third-order valence-electron chi connectivity index (χ3n) is 3.64. The average molecular weight is 285 g/mol. The van der Waals surface area contributed by atoms with Crippen LogP contribution in [0.1, 0.15) is 32.3 Å². The largest absolute Gasteiger partial charge is 0.324 e. The highest BCUT2D eigenvalue weighted by Crippen LogP contribution is 2.37. The van der Waals surface area contributed by atoms with E-state index in [9.17, 15) is 4.39 Å². The summed E-state index contributed by atoms with van der Waals surface area (Å²) in [6.45, 7) is 6.32. The Balaban J connectivity index is 2.00. The molecule has 1 aromatic carbocycles. The molecular weight excluding hydrogens is 263 g/mol. The molecule has 2 N–H and O–H groups in total. The van der Waals surface area contributed by atoms with Crippen molar-refractivity contribution in [1.82, 2.24) is 4.90 Å². The van der Waals surface area contributed by atoms with Crippen molar-refractivity contribution in [2.75, 3.05) is 19.6 Å². The summed E-state index contributed by atoms with van der Waals surface area (Å²) >= 11 is 5.85. The first-order valence-corrected chi connectivity index (χ1v) is 7.13. The molecule has 0 amide bonds. The second-order valence-corrected chi connectivity index (χ2v) is 6.67. The number of halogens is 2. The van der Waals surface area contributed by atoms with Gasteiger partial charge in [0.2, 0.25) is 0 Å². The van der Waals surface area contributed by atoms with Gasteiger partial charge in [-0.3, -0.25) is 0 Å². The molecule has 0 spiro atoms. The van der Waals surface area contributed by atoms with E-state index in [1.165, 1.54) is 0 Å². The van der Waals surface area contributed by atoms with Crippen LogP contribution in [0.5, 0.6) is 0 Å². The van der Waals surface area contributed by atoms with E-state index >= 15 is 0 Å². The zero-order valence-electron chi connectivity index (χ0n) is 11.6. The topological polar surface area (TPSA) is 29.3 Å². The second-order valence-electron chi connectivity index (χ2n) is 6.24. The number of alkyl halides is 1. The Morgan fingerprint density at radius 3 is 2.26 bits per heavy atom. The molecule has 106 valence electrons. The van der Waals surface area contributed by atoms with Crippen molar-refractivity contribution in [2.45, 2.75) is 37.9 Å². The Hall–Kier alpha value is -0.640. The lowest BCUT2D eigenvalue weighted by atomic mass is 9.86. The molecule has 0 aliphatic carbocycles. The van der Waals surface area contributed by atoms with Crippen molar-refractivity contribution in [3.05, 3.63) is 34.9 Å². The van der Waals surface area contributed by atoms with Crippen LogP contribution in [0.25, 0.3) is 0 Å². The fourth-order valence-corrected chi connectivity index (χ4v) is 2.81. The summed E-state index contributed by atoms with van der Waals surface area (Å²) < 4.78 is 14.9. The zero-order chi connectivity index (χ0) is 14.1. The first kappa shape index (κ1) is 14.8. The number of piperidine rings is 1. The normalized spacial score (nSPS) is 20.5. The Bertz CT molecular complexity index is 417. The van der Waals surface area contributed by atoms with Gasteiger partial charge in [-0.1, -0.05) is 23.7 Å². The molecule has 0 bridgehead atoms. The van der Waals surface area contributed by atoms with E-state index in [1.54, 1.807) is 24.3 Å². The van der Waals surface area contributed by atoms with Crippen molar-refractivity contribution < 1.29 is 4.39 Å². The molecule has 2 rings (SSSR count). The number of nitrogens with zero attached hydrogens (tertiary/aromatic N) is 1. The van der Waals surface area contributed by atoms with Gasteiger partial charge >= 0.3 is 0 Å². The number of rotatable bonds is 3. The lowest BCUT2D eigenvalue weighted by Crippen LogP contribution is -2.49. The molecule has 2 nitrogen and oxygen atoms in total. The molecule has 0 saturated carbocycles. The molecule has 1 aliphatic rings. The SMILES string of the molecule is CC(C)(N)CN1CCC(F)(c2ccc(Cl)cc2)CC1. The van der Waals surface area contributed by atoms with Gasteiger partial charge in [-0.2, -0.15) is 0 Å². The van der Waals surface area contributed by atoms with Crippen molar-refractivity contribution in [2.24, 2.45) is 5.73 Å². The molecule has 0 aromatic heterocycles. The Morgan fingerprint density at radius 1 is 1.26 bits per heavy atom. The van der Waals surface area contributed by atoms with Gasteiger partial charge in [-0.15, -0.1) is 0 Å². The summed E-state index contributed by atoms with van der Waals surface area (Å²) in [7, 11) is 0. The van der Waals surface area contributed by atoms with Gasteiger partial charge in [0.05, 0.1) is 0 Å². The quantitative estimate of drug-likeness (QED) is 0.922. The van der Waals surface area contributed by atoms with Gasteiger partial charge in [-0.05, 0) is 44.4 Å². The third kappa shape index (κ3) is 3.91. The van der Waals surface area contributed by atoms with Crippen molar-refractivity contribution in [1.29, 1.82) is 0 Å². The first-order valence-electron chi connectivity index (χ1n) is 6.75. The summed E-state index contributed by atoms with van der Waals surface area (Å²) in [6.07, 6.45) is 1.04. The molecule has 0 radical (unpaired) electrons. The van der Waals surface area contributed by atoms with Gasteiger partial charge in [0.1, 0.15) is 5.67 Å². The van der Waals surface area contributed by atoms with E-state index in [1.807, 2.05) is 13.8 Å². The summed E-state index contributed by atoms with van der Waals surface area (Å²) in [6, 6.07) is 7.11. The monoisotopic (exact) mass is 284 g/mol. The van der Waals surface area contributed by atoms with Crippen LogP contribution in [0.15, 0.2) is 24.3 Å². The Kier molecular flexibility index (Phi) is 4.19. The van der Waals surface area contributed by atoms with Crippen LogP contribution in [-0.4, -0.2) is 30.1 Å². The average Bonchev–Trinajstić information content (AvgIpc) is 2.31. The summed E-state index contributed by atoms with van der Waals surface area (Å²) in [5, 5.41) is 0.648. The maximum absolute atomic E-state index is 14.9. The van der Waals surface area contributed by atoms with Gasteiger partial charge in [0.25, 0.3) is 0 Å².